The molecule has 7 nitrogen and oxygen atoms in total. The van der Waals surface area contributed by atoms with Gasteiger partial charge in [0.1, 0.15) is 12.3 Å². The lowest BCUT2D eigenvalue weighted by atomic mass is 10.1. The molecule has 1 aliphatic rings. The van der Waals surface area contributed by atoms with Gasteiger partial charge in [0.2, 0.25) is 5.91 Å². The highest BCUT2D eigenvalue weighted by molar-refractivity contribution is 7.99. The number of hydrogen-bond acceptors (Lipinski definition) is 6. The molecule has 0 saturated heterocycles. The van der Waals surface area contributed by atoms with Crippen molar-refractivity contribution in [1.29, 1.82) is 0 Å². The van der Waals surface area contributed by atoms with Crippen molar-refractivity contribution in [3.05, 3.63) is 76.8 Å². The van der Waals surface area contributed by atoms with Gasteiger partial charge in [0.05, 0.1) is 36.7 Å². The van der Waals surface area contributed by atoms with E-state index in [-0.39, 0.29) is 18.0 Å². The monoisotopic (exact) mass is 482 g/mol. The average Bonchev–Trinajstić information content (AvgIpc) is 2.93. The maximum absolute atomic E-state index is 13.5. The van der Waals surface area contributed by atoms with Crippen molar-refractivity contribution in [3.63, 3.8) is 0 Å². The van der Waals surface area contributed by atoms with E-state index in [1.54, 1.807) is 48.5 Å². The number of anilines is 2. The minimum absolute atomic E-state index is 0.275. The topological polar surface area (TPSA) is 84.9 Å². The van der Waals surface area contributed by atoms with Gasteiger partial charge in [0, 0.05) is 14.8 Å². The molecule has 3 aromatic rings. The number of rotatable bonds is 5. The fraction of sp³-hybridized carbons (Fsp3) is 0.125. The molecule has 0 atom stereocenters. The molecule has 0 spiro atoms. The molecule has 0 radical (unpaired) electrons. The second kappa shape index (κ2) is 9.56. The molecule has 2 amide bonds. The zero-order chi connectivity index (χ0) is 23.5. The van der Waals surface area contributed by atoms with Crippen molar-refractivity contribution in [3.8, 4) is 5.75 Å². The normalized spacial score (nSPS) is 12.3. The first kappa shape index (κ1) is 22.7. The maximum Gasteiger partial charge on any atom is 0.337 e. The van der Waals surface area contributed by atoms with Crippen LogP contribution in [-0.4, -0.2) is 38.5 Å². The Bertz CT molecular complexity index is 1260. The number of esters is 1. The molecule has 1 heterocycles. The number of nitrogens with zero attached hydrogens (tertiary/aromatic N) is 1. The summed E-state index contributed by atoms with van der Waals surface area (Å²) in [7, 11) is 2.77. The standard InChI is InChI=1S/C24H19ClN2O5S/c1-31-19-9-8-15(25)12-17(19)26-22(28)13-27-18-11-14(24(30)32-2)7-10-21(18)33-20-6-4-3-5-16(20)23(27)29/h3-12H,13H2,1-2H3,(H,26,28). The van der Waals surface area contributed by atoms with E-state index >= 15 is 0 Å². The zero-order valence-electron chi connectivity index (χ0n) is 17.8. The van der Waals surface area contributed by atoms with Crippen molar-refractivity contribution < 1.29 is 23.9 Å². The van der Waals surface area contributed by atoms with E-state index in [0.717, 1.165) is 9.79 Å². The summed E-state index contributed by atoms with van der Waals surface area (Å²) in [5.74, 6) is -0.913. The predicted octanol–water partition coefficient (Wildman–Crippen LogP) is 4.89. The van der Waals surface area contributed by atoms with Gasteiger partial charge >= 0.3 is 5.97 Å². The van der Waals surface area contributed by atoms with Crippen molar-refractivity contribution in [1.82, 2.24) is 0 Å². The smallest absolute Gasteiger partial charge is 0.337 e. The minimum Gasteiger partial charge on any atom is -0.495 e. The SMILES string of the molecule is COC(=O)c1ccc2c(c1)N(CC(=O)Nc1cc(Cl)ccc1OC)C(=O)c1ccccc1S2. The number of carbonyl (C=O) groups excluding carboxylic acids is 3. The average molecular weight is 483 g/mol. The lowest BCUT2D eigenvalue weighted by Crippen LogP contribution is -2.38. The van der Waals surface area contributed by atoms with Crippen LogP contribution in [0.3, 0.4) is 0 Å². The van der Waals surface area contributed by atoms with Crippen LogP contribution in [0.1, 0.15) is 20.7 Å². The Labute approximate surface area is 199 Å². The third-order valence-electron chi connectivity index (χ3n) is 4.99. The summed E-state index contributed by atoms with van der Waals surface area (Å²) in [5.41, 5.74) is 1.57. The highest BCUT2D eigenvalue weighted by Gasteiger charge is 2.30. The molecular weight excluding hydrogens is 464 g/mol. The number of nitrogens with one attached hydrogen (secondary N) is 1. The molecular formula is C24H19ClN2O5S. The van der Waals surface area contributed by atoms with E-state index in [2.05, 4.69) is 5.32 Å². The maximum atomic E-state index is 13.5. The van der Waals surface area contributed by atoms with Crippen LogP contribution in [0.15, 0.2) is 70.5 Å². The number of hydrogen-bond donors (Lipinski definition) is 1. The first-order chi connectivity index (χ1) is 15.9. The van der Waals surface area contributed by atoms with E-state index in [1.165, 1.54) is 30.9 Å². The first-order valence-corrected chi connectivity index (χ1v) is 11.0. The van der Waals surface area contributed by atoms with Gasteiger partial charge in [0.25, 0.3) is 5.91 Å². The molecule has 0 aromatic heterocycles. The van der Waals surface area contributed by atoms with Crippen LogP contribution in [0.2, 0.25) is 5.02 Å². The van der Waals surface area contributed by atoms with Gasteiger partial charge < -0.3 is 14.8 Å². The number of ether oxygens (including phenoxy) is 2. The predicted molar refractivity (Wildman–Crippen MR) is 127 cm³/mol. The highest BCUT2D eigenvalue weighted by Crippen LogP contribution is 2.41. The van der Waals surface area contributed by atoms with Gasteiger partial charge in [-0.25, -0.2) is 4.79 Å². The minimum atomic E-state index is -0.537. The van der Waals surface area contributed by atoms with Crippen LogP contribution >= 0.6 is 23.4 Å². The van der Waals surface area contributed by atoms with Crippen molar-refractivity contribution in [2.24, 2.45) is 0 Å². The Morgan fingerprint density at radius 3 is 2.58 bits per heavy atom. The van der Waals surface area contributed by atoms with E-state index in [9.17, 15) is 14.4 Å². The van der Waals surface area contributed by atoms with Gasteiger partial charge in [-0.1, -0.05) is 35.5 Å². The summed E-state index contributed by atoms with van der Waals surface area (Å²) in [4.78, 5) is 41.5. The van der Waals surface area contributed by atoms with E-state index in [4.69, 9.17) is 21.1 Å². The van der Waals surface area contributed by atoms with E-state index in [0.29, 0.717) is 27.7 Å². The third-order valence-corrected chi connectivity index (χ3v) is 6.37. The Hall–Kier alpha value is -3.49. The number of amides is 2. The summed E-state index contributed by atoms with van der Waals surface area (Å²) in [6, 6.07) is 16.9. The quantitative estimate of drug-likeness (QED) is 0.521. The molecule has 168 valence electrons. The Balaban J connectivity index is 1.73. The summed E-state index contributed by atoms with van der Waals surface area (Å²) in [6.07, 6.45) is 0. The van der Waals surface area contributed by atoms with Crippen LogP contribution in [-0.2, 0) is 9.53 Å². The third kappa shape index (κ3) is 4.67. The van der Waals surface area contributed by atoms with Crippen LogP contribution < -0.4 is 15.0 Å². The van der Waals surface area contributed by atoms with Crippen LogP contribution in [0.4, 0.5) is 11.4 Å². The molecule has 4 rings (SSSR count). The molecule has 0 fully saturated rings. The zero-order valence-corrected chi connectivity index (χ0v) is 19.3. The van der Waals surface area contributed by atoms with Crippen molar-refractivity contribution in [2.75, 3.05) is 31.0 Å². The second-order valence-corrected chi connectivity index (χ2v) is 8.58. The molecule has 3 aromatic carbocycles. The number of fused-ring (bicyclic) bond motifs is 2. The lowest BCUT2D eigenvalue weighted by molar-refractivity contribution is -0.114. The number of methoxy groups -OCH3 is 2. The van der Waals surface area contributed by atoms with Crippen molar-refractivity contribution >= 4 is 52.5 Å². The largest absolute Gasteiger partial charge is 0.495 e. The molecule has 0 aliphatic carbocycles. The summed E-state index contributed by atoms with van der Waals surface area (Å²) >= 11 is 7.45. The fourth-order valence-corrected chi connectivity index (χ4v) is 4.66. The van der Waals surface area contributed by atoms with Gasteiger partial charge in [-0.2, -0.15) is 0 Å². The molecule has 0 bridgehead atoms. The number of carbonyl (C=O) groups is 3. The fourth-order valence-electron chi connectivity index (χ4n) is 3.43. The van der Waals surface area contributed by atoms with Gasteiger partial charge in [0.15, 0.2) is 0 Å². The van der Waals surface area contributed by atoms with Crippen LogP contribution in [0, 0.1) is 0 Å². The summed E-state index contributed by atoms with van der Waals surface area (Å²) in [6.45, 7) is -0.291. The molecule has 33 heavy (non-hydrogen) atoms. The van der Waals surface area contributed by atoms with E-state index in [1.807, 2.05) is 12.1 Å². The Morgan fingerprint density at radius 2 is 1.82 bits per heavy atom. The second-order valence-electron chi connectivity index (χ2n) is 7.06. The molecule has 1 aliphatic heterocycles. The van der Waals surface area contributed by atoms with Crippen molar-refractivity contribution in [2.45, 2.75) is 9.79 Å². The molecule has 9 heteroatoms. The first-order valence-electron chi connectivity index (χ1n) is 9.85. The summed E-state index contributed by atoms with van der Waals surface area (Å²) < 4.78 is 10.1. The van der Waals surface area contributed by atoms with Gasteiger partial charge in [-0.3, -0.25) is 14.5 Å². The Morgan fingerprint density at radius 1 is 1.03 bits per heavy atom. The Kier molecular flexibility index (Phi) is 6.57. The van der Waals surface area contributed by atoms with E-state index < -0.39 is 11.9 Å². The number of halogens is 1. The highest BCUT2D eigenvalue weighted by atomic mass is 35.5. The van der Waals surface area contributed by atoms with Gasteiger partial charge in [-0.05, 0) is 48.5 Å². The van der Waals surface area contributed by atoms with Crippen LogP contribution in [0.5, 0.6) is 5.75 Å². The van der Waals surface area contributed by atoms with Crippen LogP contribution in [0.25, 0.3) is 0 Å². The molecule has 0 unspecified atom stereocenters. The van der Waals surface area contributed by atoms with Gasteiger partial charge in [-0.15, -0.1) is 0 Å². The number of benzene rings is 3. The lowest BCUT2D eigenvalue weighted by Gasteiger charge is -2.23. The summed E-state index contributed by atoms with van der Waals surface area (Å²) in [5, 5.41) is 3.18. The molecule has 1 N–H and O–H groups in total. The molecule has 0 saturated carbocycles.